The zero-order valence-electron chi connectivity index (χ0n) is 12.0. The highest BCUT2D eigenvalue weighted by Gasteiger charge is 2.33. The molecule has 2 rings (SSSR count). The molecule has 1 aromatic rings. The van der Waals surface area contributed by atoms with Gasteiger partial charge in [0, 0.05) is 17.2 Å². The van der Waals surface area contributed by atoms with E-state index in [4.69, 9.17) is 0 Å². The summed E-state index contributed by atoms with van der Waals surface area (Å²) >= 11 is 0. The van der Waals surface area contributed by atoms with Gasteiger partial charge >= 0.3 is 0 Å². The number of aromatic hydroxyl groups is 1. The number of carbonyl (C=O) groups is 1. The molecule has 0 bridgehead atoms. The van der Waals surface area contributed by atoms with Crippen LogP contribution in [0.15, 0.2) is 18.2 Å². The number of rotatable bonds is 2. The molecule has 3 heteroatoms. The number of nitrogens with one attached hydrogen (secondary N) is 1. The Labute approximate surface area is 115 Å². The molecule has 19 heavy (non-hydrogen) atoms. The van der Waals surface area contributed by atoms with Gasteiger partial charge in [-0.05, 0) is 37.3 Å². The van der Waals surface area contributed by atoms with Crippen LogP contribution in [0, 0.1) is 12.3 Å². The van der Waals surface area contributed by atoms with Crippen molar-refractivity contribution in [2.45, 2.75) is 52.5 Å². The fraction of sp³-hybridized carbons (Fsp3) is 0.562. The minimum Gasteiger partial charge on any atom is -0.508 e. The molecule has 104 valence electrons. The lowest BCUT2D eigenvalue weighted by Gasteiger charge is -2.39. The van der Waals surface area contributed by atoms with Crippen LogP contribution >= 0.6 is 0 Å². The number of benzene rings is 1. The quantitative estimate of drug-likeness (QED) is 0.857. The summed E-state index contributed by atoms with van der Waals surface area (Å²) in [4.78, 5) is 12.4. The van der Waals surface area contributed by atoms with Crippen LogP contribution in [-0.4, -0.2) is 17.1 Å². The van der Waals surface area contributed by atoms with Crippen LogP contribution < -0.4 is 5.32 Å². The van der Waals surface area contributed by atoms with Gasteiger partial charge < -0.3 is 10.4 Å². The molecule has 1 unspecified atom stereocenters. The topological polar surface area (TPSA) is 49.3 Å². The zero-order chi connectivity index (χ0) is 14.0. The molecular weight excluding hydrogens is 238 g/mol. The van der Waals surface area contributed by atoms with E-state index in [-0.39, 0.29) is 23.1 Å². The third-order valence-corrected chi connectivity index (χ3v) is 4.36. The Morgan fingerprint density at radius 2 is 2.11 bits per heavy atom. The standard InChI is InChI=1S/C16H23NO2/c1-11-12(7-6-8-13(11)18)15(19)17-14-9-4-5-10-16(14,2)3/h6-8,14,18H,4-5,9-10H2,1-3H3,(H,17,19). The van der Waals surface area contributed by atoms with Gasteiger partial charge in [-0.3, -0.25) is 4.79 Å². The fourth-order valence-electron chi connectivity index (χ4n) is 2.87. The van der Waals surface area contributed by atoms with Crippen LogP contribution in [0.4, 0.5) is 0 Å². The van der Waals surface area contributed by atoms with Crippen molar-refractivity contribution in [3.8, 4) is 5.75 Å². The van der Waals surface area contributed by atoms with Crippen molar-refractivity contribution in [3.63, 3.8) is 0 Å². The van der Waals surface area contributed by atoms with Crippen LogP contribution in [-0.2, 0) is 0 Å². The number of phenolic OH excluding ortho intramolecular Hbond substituents is 1. The van der Waals surface area contributed by atoms with Crippen molar-refractivity contribution in [1.29, 1.82) is 0 Å². The Hall–Kier alpha value is -1.51. The number of hydrogen-bond acceptors (Lipinski definition) is 2. The van der Waals surface area contributed by atoms with Crippen molar-refractivity contribution < 1.29 is 9.90 Å². The summed E-state index contributed by atoms with van der Waals surface area (Å²) < 4.78 is 0. The number of amides is 1. The van der Waals surface area contributed by atoms with E-state index in [0.717, 1.165) is 12.8 Å². The van der Waals surface area contributed by atoms with Gasteiger partial charge in [-0.15, -0.1) is 0 Å². The predicted octanol–water partition coefficient (Wildman–Crippen LogP) is 3.40. The predicted molar refractivity (Wildman–Crippen MR) is 76.3 cm³/mol. The Bertz CT molecular complexity index is 480. The maximum absolute atomic E-state index is 12.4. The molecule has 2 N–H and O–H groups in total. The van der Waals surface area contributed by atoms with Gasteiger partial charge in [0.15, 0.2) is 0 Å². The molecular formula is C16H23NO2. The first-order valence-corrected chi connectivity index (χ1v) is 7.01. The first kappa shape index (κ1) is 13.9. The minimum atomic E-state index is -0.0756. The Balaban J connectivity index is 2.15. The van der Waals surface area contributed by atoms with Gasteiger partial charge in [-0.2, -0.15) is 0 Å². The summed E-state index contributed by atoms with van der Waals surface area (Å²) in [5, 5.41) is 12.8. The van der Waals surface area contributed by atoms with Crippen LogP contribution in [0.3, 0.4) is 0 Å². The van der Waals surface area contributed by atoms with Crippen LogP contribution in [0.25, 0.3) is 0 Å². The van der Waals surface area contributed by atoms with Crippen molar-refractivity contribution in [3.05, 3.63) is 29.3 Å². The van der Waals surface area contributed by atoms with Crippen LogP contribution in [0.2, 0.25) is 0 Å². The third-order valence-electron chi connectivity index (χ3n) is 4.36. The van der Waals surface area contributed by atoms with Crippen molar-refractivity contribution in [2.24, 2.45) is 5.41 Å². The molecule has 1 aliphatic carbocycles. The molecule has 1 atom stereocenters. The zero-order valence-corrected chi connectivity index (χ0v) is 12.0. The lowest BCUT2D eigenvalue weighted by Crippen LogP contribution is -2.46. The van der Waals surface area contributed by atoms with Crippen molar-refractivity contribution in [2.75, 3.05) is 0 Å². The molecule has 1 saturated carbocycles. The maximum Gasteiger partial charge on any atom is 0.251 e. The molecule has 1 amide bonds. The lowest BCUT2D eigenvalue weighted by molar-refractivity contribution is 0.0852. The highest BCUT2D eigenvalue weighted by atomic mass is 16.3. The average molecular weight is 261 g/mol. The van der Waals surface area contributed by atoms with Crippen molar-refractivity contribution >= 4 is 5.91 Å². The number of phenols is 1. The number of carbonyl (C=O) groups excluding carboxylic acids is 1. The summed E-state index contributed by atoms with van der Waals surface area (Å²) in [5.74, 6) is 0.101. The maximum atomic E-state index is 12.4. The molecule has 0 radical (unpaired) electrons. The monoisotopic (exact) mass is 261 g/mol. The average Bonchev–Trinajstić information content (AvgIpc) is 2.35. The van der Waals surface area contributed by atoms with Gasteiger partial charge in [0.25, 0.3) is 5.91 Å². The smallest absolute Gasteiger partial charge is 0.251 e. The van der Waals surface area contributed by atoms with Gasteiger partial charge in [-0.25, -0.2) is 0 Å². The first-order valence-electron chi connectivity index (χ1n) is 7.01. The molecule has 1 aromatic carbocycles. The molecule has 0 aromatic heterocycles. The van der Waals surface area contributed by atoms with E-state index in [9.17, 15) is 9.90 Å². The summed E-state index contributed by atoms with van der Waals surface area (Å²) in [5.41, 5.74) is 1.37. The molecule has 0 heterocycles. The lowest BCUT2D eigenvalue weighted by atomic mass is 9.73. The van der Waals surface area contributed by atoms with Gasteiger partial charge in [0.2, 0.25) is 0 Å². The highest BCUT2D eigenvalue weighted by molar-refractivity contribution is 5.96. The van der Waals surface area contributed by atoms with Gasteiger partial charge in [0.1, 0.15) is 5.75 Å². The van der Waals surface area contributed by atoms with Crippen LogP contribution in [0.1, 0.15) is 55.5 Å². The second-order valence-electron chi connectivity index (χ2n) is 6.21. The second-order valence-corrected chi connectivity index (χ2v) is 6.21. The van der Waals surface area contributed by atoms with E-state index in [2.05, 4.69) is 19.2 Å². The first-order chi connectivity index (χ1) is 8.92. The fourth-order valence-corrected chi connectivity index (χ4v) is 2.87. The Kier molecular flexibility index (Phi) is 3.83. The minimum absolute atomic E-state index is 0.0756. The molecule has 0 aliphatic heterocycles. The molecule has 3 nitrogen and oxygen atoms in total. The SMILES string of the molecule is Cc1c(O)cccc1C(=O)NC1CCCCC1(C)C. The molecule has 0 saturated heterocycles. The second kappa shape index (κ2) is 5.24. The normalized spacial score (nSPS) is 21.9. The Morgan fingerprint density at radius 1 is 1.37 bits per heavy atom. The largest absolute Gasteiger partial charge is 0.508 e. The summed E-state index contributed by atoms with van der Waals surface area (Å²) in [6.07, 6.45) is 4.60. The summed E-state index contributed by atoms with van der Waals surface area (Å²) in [7, 11) is 0. The van der Waals surface area contributed by atoms with E-state index in [1.807, 2.05) is 0 Å². The van der Waals surface area contributed by atoms with E-state index < -0.39 is 0 Å². The summed E-state index contributed by atoms with van der Waals surface area (Å²) in [6, 6.07) is 5.30. The van der Waals surface area contributed by atoms with Crippen molar-refractivity contribution in [1.82, 2.24) is 5.32 Å². The molecule has 0 spiro atoms. The third kappa shape index (κ3) is 2.91. The highest BCUT2D eigenvalue weighted by Crippen LogP contribution is 2.35. The Morgan fingerprint density at radius 3 is 2.79 bits per heavy atom. The summed E-state index contributed by atoms with van der Waals surface area (Å²) in [6.45, 7) is 6.20. The van der Waals surface area contributed by atoms with E-state index >= 15 is 0 Å². The van der Waals surface area contributed by atoms with Gasteiger partial charge in [-0.1, -0.05) is 32.8 Å². The molecule has 1 aliphatic rings. The van der Waals surface area contributed by atoms with Crippen LogP contribution in [0.5, 0.6) is 5.75 Å². The van der Waals surface area contributed by atoms with Gasteiger partial charge in [0.05, 0.1) is 0 Å². The van der Waals surface area contributed by atoms with E-state index in [1.165, 1.54) is 12.8 Å². The molecule has 1 fully saturated rings. The van der Waals surface area contributed by atoms with E-state index in [0.29, 0.717) is 11.1 Å². The number of hydrogen-bond donors (Lipinski definition) is 2. The van der Waals surface area contributed by atoms with E-state index in [1.54, 1.807) is 25.1 Å².